The zero-order valence-electron chi connectivity index (χ0n) is 21.6. The number of carbonyl (C=O) groups is 4. The quantitative estimate of drug-likeness (QED) is 0.356. The lowest BCUT2D eigenvalue weighted by Crippen LogP contribution is -2.38. The van der Waals surface area contributed by atoms with Crippen LogP contribution in [0.5, 0.6) is 0 Å². The van der Waals surface area contributed by atoms with E-state index in [9.17, 15) is 19.2 Å². The maximum Gasteiger partial charge on any atom is 0.337 e. The summed E-state index contributed by atoms with van der Waals surface area (Å²) in [4.78, 5) is 54.7. The van der Waals surface area contributed by atoms with Gasteiger partial charge in [-0.25, -0.2) is 9.59 Å². The first kappa shape index (κ1) is 28.5. The van der Waals surface area contributed by atoms with Crippen LogP contribution in [0, 0.1) is 0 Å². The second-order valence-corrected chi connectivity index (χ2v) is 8.56. The first-order chi connectivity index (χ1) is 17.1. The average molecular weight is 503 g/mol. The molecule has 0 radical (unpaired) electrons. The number of carbonyl (C=O) groups excluding carboxylic acids is 4. The number of pyridine rings is 1. The van der Waals surface area contributed by atoms with Crippen molar-refractivity contribution in [1.29, 1.82) is 0 Å². The molecule has 0 saturated carbocycles. The first-order valence-corrected chi connectivity index (χ1v) is 11.9. The van der Waals surface area contributed by atoms with Gasteiger partial charge in [-0.3, -0.25) is 14.6 Å². The normalized spacial score (nSPS) is 14.0. The third kappa shape index (κ3) is 7.66. The van der Waals surface area contributed by atoms with Crippen molar-refractivity contribution in [2.24, 2.45) is 0 Å². The molecule has 0 saturated heterocycles. The van der Waals surface area contributed by atoms with E-state index < -0.39 is 42.0 Å². The lowest BCUT2D eigenvalue weighted by atomic mass is 9.80. The van der Waals surface area contributed by atoms with Crippen molar-refractivity contribution in [2.45, 2.75) is 72.5 Å². The van der Waals surface area contributed by atoms with E-state index in [0.29, 0.717) is 5.56 Å². The fourth-order valence-electron chi connectivity index (χ4n) is 3.47. The number of nitrogens with zero attached hydrogens (tertiary/aromatic N) is 1. The number of hydrogen-bond donors (Lipinski definition) is 1. The smallest absolute Gasteiger partial charge is 0.337 e. The van der Waals surface area contributed by atoms with Gasteiger partial charge in [0, 0.05) is 25.2 Å². The van der Waals surface area contributed by atoms with Gasteiger partial charge in [0.15, 0.2) is 0 Å². The van der Waals surface area contributed by atoms with E-state index in [1.165, 1.54) is 12.4 Å². The van der Waals surface area contributed by atoms with Gasteiger partial charge in [0.2, 0.25) is 0 Å². The molecule has 0 atom stereocenters. The summed E-state index contributed by atoms with van der Waals surface area (Å²) < 4.78 is 21.7. The lowest BCUT2D eigenvalue weighted by Gasteiger charge is -2.32. The molecule has 0 bridgehead atoms. The number of ether oxygens (including phenoxy) is 4. The largest absolute Gasteiger partial charge is 0.460 e. The van der Waals surface area contributed by atoms with E-state index in [1.54, 1.807) is 53.7 Å². The van der Waals surface area contributed by atoms with Crippen LogP contribution in [0.1, 0.15) is 65.9 Å². The van der Waals surface area contributed by atoms with Crippen molar-refractivity contribution in [3.63, 3.8) is 0 Å². The number of esters is 4. The first-order valence-electron chi connectivity index (χ1n) is 11.9. The minimum absolute atomic E-state index is 0.0834. The molecule has 1 aromatic rings. The number of hydrogen-bond acceptors (Lipinski definition) is 10. The fourth-order valence-corrected chi connectivity index (χ4v) is 3.47. The molecule has 0 fully saturated rings. The van der Waals surface area contributed by atoms with Crippen LogP contribution in [0.2, 0.25) is 0 Å². The highest BCUT2D eigenvalue weighted by molar-refractivity contribution is 6.00. The Morgan fingerprint density at radius 3 is 1.58 bits per heavy atom. The Balaban J connectivity index is 2.76. The summed E-state index contributed by atoms with van der Waals surface area (Å²) in [5.74, 6) is -3.30. The van der Waals surface area contributed by atoms with Gasteiger partial charge in [0.25, 0.3) is 0 Å². The second kappa shape index (κ2) is 13.4. The third-order valence-corrected chi connectivity index (χ3v) is 5.03. The lowest BCUT2D eigenvalue weighted by molar-refractivity contribution is -0.146. The van der Waals surface area contributed by atoms with Crippen LogP contribution >= 0.6 is 0 Å². The summed E-state index contributed by atoms with van der Waals surface area (Å²) in [7, 11) is 0. The van der Waals surface area contributed by atoms with Crippen LogP contribution in [-0.4, -0.2) is 54.3 Å². The highest BCUT2D eigenvalue weighted by atomic mass is 16.6. The fraction of sp³-hybridized carbons (Fsp3) is 0.500. The summed E-state index contributed by atoms with van der Waals surface area (Å²) in [5.41, 5.74) is 1.15. The van der Waals surface area contributed by atoms with Gasteiger partial charge in [-0.05, 0) is 45.4 Å². The van der Waals surface area contributed by atoms with Crippen LogP contribution in [0.15, 0.2) is 47.1 Å². The zero-order valence-corrected chi connectivity index (χ0v) is 21.6. The van der Waals surface area contributed by atoms with Crippen molar-refractivity contribution in [2.75, 3.05) is 13.2 Å². The predicted octanol–water partition coefficient (Wildman–Crippen LogP) is 3.09. The molecule has 10 heteroatoms. The SMILES string of the molecule is CCC(=O)OCC1=C(C(=O)OC(C)C)C(c2ccncc2)C(C(=O)OC(C)C)=C(COC(=O)CC)N1. The minimum atomic E-state index is -0.961. The molecule has 1 aliphatic rings. The maximum absolute atomic E-state index is 13.4. The molecule has 0 aliphatic carbocycles. The molecule has 2 heterocycles. The molecule has 2 rings (SSSR count). The number of aromatic nitrogens is 1. The number of nitrogens with one attached hydrogen (secondary N) is 1. The summed E-state index contributed by atoms with van der Waals surface area (Å²) in [6.07, 6.45) is 2.42. The molecule has 1 N–H and O–H groups in total. The summed E-state index contributed by atoms with van der Waals surface area (Å²) >= 11 is 0. The van der Waals surface area contributed by atoms with E-state index in [0.717, 1.165) is 0 Å². The van der Waals surface area contributed by atoms with Crippen molar-refractivity contribution in [3.8, 4) is 0 Å². The van der Waals surface area contributed by atoms with Crippen molar-refractivity contribution < 1.29 is 38.1 Å². The highest BCUT2D eigenvalue weighted by Gasteiger charge is 2.41. The highest BCUT2D eigenvalue weighted by Crippen LogP contribution is 2.39. The molecular weight excluding hydrogens is 468 g/mol. The topological polar surface area (TPSA) is 130 Å². The van der Waals surface area contributed by atoms with Crippen LogP contribution in [0.25, 0.3) is 0 Å². The van der Waals surface area contributed by atoms with E-state index in [-0.39, 0.29) is 48.6 Å². The Morgan fingerprint density at radius 2 is 1.22 bits per heavy atom. The Bertz CT molecular complexity index is 966. The molecule has 10 nitrogen and oxygen atoms in total. The predicted molar refractivity (Wildman–Crippen MR) is 129 cm³/mol. The summed E-state index contributed by atoms with van der Waals surface area (Å²) in [5, 5.41) is 3.01. The van der Waals surface area contributed by atoms with E-state index in [2.05, 4.69) is 10.3 Å². The molecule has 0 amide bonds. The summed E-state index contributed by atoms with van der Waals surface area (Å²) in [6, 6.07) is 3.32. The Kier molecular flexibility index (Phi) is 10.6. The van der Waals surface area contributed by atoms with E-state index >= 15 is 0 Å². The van der Waals surface area contributed by atoms with E-state index in [1.807, 2.05) is 0 Å². The molecule has 0 unspecified atom stereocenters. The summed E-state index contributed by atoms with van der Waals surface area (Å²) in [6.45, 7) is 9.53. The number of rotatable bonds is 11. The van der Waals surface area contributed by atoms with Crippen LogP contribution in [0.4, 0.5) is 0 Å². The van der Waals surface area contributed by atoms with Gasteiger partial charge in [0.1, 0.15) is 13.2 Å². The molecule has 196 valence electrons. The van der Waals surface area contributed by atoms with E-state index in [4.69, 9.17) is 18.9 Å². The number of dihydropyridines is 1. The van der Waals surface area contributed by atoms with Gasteiger partial charge in [-0.2, -0.15) is 0 Å². The second-order valence-electron chi connectivity index (χ2n) is 8.56. The molecule has 0 aromatic carbocycles. The van der Waals surface area contributed by atoms with Gasteiger partial charge < -0.3 is 24.3 Å². The molecule has 1 aliphatic heterocycles. The molecular formula is C26H34N2O8. The van der Waals surface area contributed by atoms with Crippen LogP contribution in [-0.2, 0) is 38.1 Å². The van der Waals surface area contributed by atoms with Gasteiger partial charge >= 0.3 is 23.9 Å². The van der Waals surface area contributed by atoms with Gasteiger partial charge in [-0.1, -0.05) is 13.8 Å². The minimum Gasteiger partial charge on any atom is -0.460 e. The molecule has 0 spiro atoms. The Hall–Kier alpha value is -3.69. The van der Waals surface area contributed by atoms with Crippen molar-refractivity contribution in [3.05, 3.63) is 52.6 Å². The zero-order chi connectivity index (χ0) is 26.8. The monoisotopic (exact) mass is 502 g/mol. The van der Waals surface area contributed by atoms with Gasteiger partial charge in [-0.15, -0.1) is 0 Å². The standard InChI is InChI=1S/C26H34N2O8/c1-7-20(29)33-13-18-23(25(31)35-15(3)4)22(17-9-11-27-12-10-17)24(26(32)36-16(5)6)19(28-18)14-34-21(30)8-2/h9-12,15-16,22,28H,7-8,13-14H2,1-6H3. The average Bonchev–Trinajstić information content (AvgIpc) is 2.84. The molecule has 36 heavy (non-hydrogen) atoms. The Morgan fingerprint density at radius 1 is 0.806 bits per heavy atom. The molecule has 1 aromatic heterocycles. The third-order valence-electron chi connectivity index (χ3n) is 5.03. The van der Waals surface area contributed by atoms with Crippen LogP contribution in [0.3, 0.4) is 0 Å². The van der Waals surface area contributed by atoms with Crippen LogP contribution < -0.4 is 5.32 Å². The van der Waals surface area contributed by atoms with Crippen molar-refractivity contribution in [1.82, 2.24) is 10.3 Å². The van der Waals surface area contributed by atoms with Crippen molar-refractivity contribution >= 4 is 23.9 Å². The maximum atomic E-state index is 13.4. The Labute approximate surface area is 211 Å². The van der Waals surface area contributed by atoms with Gasteiger partial charge in [0.05, 0.1) is 40.7 Å².